The van der Waals surface area contributed by atoms with E-state index in [1.165, 1.54) is 23.9 Å². The first-order valence-corrected chi connectivity index (χ1v) is 11.5. The molecule has 1 aromatic heterocycles. The number of nitrogens with zero attached hydrogens (tertiary/aromatic N) is 1. The SMILES string of the molecule is O=C(Nc1cc(C(F)(F)F)cc(C(F)(F)F)c1)c1ccc(CSc2nc3ccccc3s2)cc1. The molecule has 1 heterocycles. The highest BCUT2D eigenvalue weighted by atomic mass is 32.2. The average Bonchev–Trinajstić information content (AvgIpc) is 3.20. The minimum Gasteiger partial charge on any atom is -0.322 e. The second-order valence-electron chi connectivity index (χ2n) is 7.18. The number of hydrogen-bond acceptors (Lipinski definition) is 4. The van der Waals surface area contributed by atoms with Gasteiger partial charge in [0.1, 0.15) is 0 Å². The molecule has 0 unspecified atom stereocenters. The van der Waals surface area contributed by atoms with Gasteiger partial charge >= 0.3 is 12.4 Å². The second kappa shape index (κ2) is 9.30. The monoisotopic (exact) mass is 512 g/mol. The summed E-state index contributed by atoms with van der Waals surface area (Å²) in [6.07, 6.45) is -9.99. The van der Waals surface area contributed by atoms with Crippen LogP contribution in [0.15, 0.2) is 71.1 Å². The van der Waals surface area contributed by atoms with Crippen molar-refractivity contribution in [1.29, 1.82) is 0 Å². The molecule has 0 atom stereocenters. The van der Waals surface area contributed by atoms with E-state index < -0.39 is 35.1 Å². The van der Waals surface area contributed by atoms with E-state index in [1.54, 1.807) is 23.5 Å². The molecular weight excluding hydrogens is 498 g/mol. The first-order valence-electron chi connectivity index (χ1n) is 9.67. The Labute approximate surface area is 197 Å². The first-order chi connectivity index (χ1) is 16.0. The quantitative estimate of drug-likeness (QED) is 0.219. The van der Waals surface area contributed by atoms with Crippen molar-refractivity contribution < 1.29 is 31.1 Å². The Morgan fingerprint density at radius 3 is 2.09 bits per heavy atom. The number of thioether (sulfide) groups is 1. The molecule has 176 valence electrons. The van der Waals surface area contributed by atoms with Crippen molar-refractivity contribution in [2.24, 2.45) is 0 Å². The molecule has 0 radical (unpaired) electrons. The van der Waals surface area contributed by atoms with Gasteiger partial charge in [0, 0.05) is 17.0 Å². The summed E-state index contributed by atoms with van der Waals surface area (Å²) in [5, 5.41) is 2.12. The number of anilines is 1. The summed E-state index contributed by atoms with van der Waals surface area (Å²) in [5.41, 5.74) is -1.72. The van der Waals surface area contributed by atoms with Crippen molar-refractivity contribution in [2.75, 3.05) is 5.32 Å². The summed E-state index contributed by atoms with van der Waals surface area (Å²) in [5.74, 6) is -0.248. The molecule has 11 heteroatoms. The number of nitrogens with one attached hydrogen (secondary N) is 1. The van der Waals surface area contributed by atoms with Crippen molar-refractivity contribution >= 4 is 44.9 Å². The van der Waals surface area contributed by atoms with E-state index >= 15 is 0 Å². The minimum absolute atomic E-state index is 0.00749. The van der Waals surface area contributed by atoms with E-state index in [4.69, 9.17) is 0 Å². The molecule has 34 heavy (non-hydrogen) atoms. The number of alkyl halides is 6. The summed E-state index contributed by atoms with van der Waals surface area (Å²) >= 11 is 3.08. The van der Waals surface area contributed by atoms with Crippen molar-refractivity contribution in [2.45, 2.75) is 22.4 Å². The highest BCUT2D eigenvalue weighted by Crippen LogP contribution is 2.37. The number of carbonyl (C=O) groups is 1. The molecule has 0 bridgehead atoms. The maximum atomic E-state index is 13.0. The standard InChI is InChI=1S/C23H14F6N2OS2/c24-22(25,26)15-9-16(23(27,28)29)11-17(10-15)30-20(32)14-7-5-13(6-8-14)12-33-21-31-18-3-1-2-4-19(18)34-21/h1-11H,12H2,(H,30,32). The maximum Gasteiger partial charge on any atom is 0.416 e. The second-order valence-corrected chi connectivity index (χ2v) is 9.43. The summed E-state index contributed by atoms with van der Waals surface area (Å²) < 4.78 is 80.0. The van der Waals surface area contributed by atoms with E-state index in [-0.39, 0.29) is 11.6 Å². The van der Waals surface area contributed by atoms with E-state index in [1.807, 2.05) is 24.3 Å². The number of para-hydroxylation sites is 1. The molecule has 0 fully saturated rings. The number of hydrogen-bond donors (Lipinski definition) is 1. The predicted octanol–water partition coefficient (Wildman–Crippen LogP) is 7.88. The molecule has 0 aliphatic carbocycles. The zero-order valence-electron chi connectivity index (χ0n) is 17.0. The van der Waals surface area contributed by atoms with Crippen LogP contribution in [0, 0.1) is 0 Å². The van der Waals surface area contributed by atoms with E-state index in [9.17, 15) is 31.1 Å². The van der Waals surface area contributed by atoms with Crippen LogP contribution in [0.4, 0.5) is 32.0 Å². The van der Waals surface area contributed by atoms with E-state index in [2.05, 4.69) is 10.3 Å². The largest absolute Gasteiger partial charge is 0.416 e. The van der Waals surface area contributed by atoms with Crippen LogP contribution < -0.4 is 5.32 Å². The fourth-order valence-corrected chi connectivity index (χ4v) is 5.06. The molecule has 0 aliphatic heterocycles. The number of aromatic nitrogens is 1. The summed E-state index contributed by atoms with van der Waals surface area (Å²) in [7, 11) is 0. The minimum atomic E-state index is -5.00. The molecule has 1 amide bonds. The number of benzene rings is 3. The van der Waals surface area contributed by atoms with Crippen LogP contribution in [-0.4, -0.2) is 10.9 Å². The Kier molecular flexibility index (Phi) is 6.59. The highest BCUT2D eigenvalue weighted by Gasteiger charge is 2.37. The van der Waals surface area contributed by atoms with Crippen molar-refractivity contribution in [3.63, 3.8) is 0 Å². The molecule has 0 saturated heterocycles. The van der Waals surface area contributed by atoms with Gasteiger partial charge in [-0.3, -0.25) is 4.79 Å². The smallest absolute Gasteiger partial charge is 0.322 e. The first kappa shape index (κ1) is 24.1. The van der Waals surface area contributed by atoms with Crippen LogP contribution in [0.3, 0.4) is 0 Å². The third-order valence-corrected chi connectivity index (χ3v) is 6.95. The molecule has 0 aliphatic rings. The van der Waals surface area contributed by atoms with Crippen molar-refractivity contribution in [1.82, 2.24) is 4.98 Å². The van der Waals surface area contributed by atoms with Gasteiger partial charge in [0.2, 0.25) is 0 Å². The summed E-state index contributed by atoms with van der Waals surface area (Å²) in [4.78, 5) is 17.0. The van der Waals surface area contributed by atoms with Gasteiger partial charge in [0.25, 0.3) is 5.91 Å². The average molecular weight is 513 g/mol. The lowest BCUT2D eigenvalue weighted by molar-refractivity contribution is -0.143. The number of halogens is 6. The van der Waals surface area contributed by atoms with Gasteiger partial charge in [-0.2, -0.15) is 26.3 Å². The lowest BCUT2D eigenvalue weighted by atomic mass is 10.1. The number of fused-ring (bicyclic) bond motifs is 1. The maximum absolute atomic E-state index is 13.0. The van der Waals surface area contributed by atoms with Crippen molar-refractivity contribution in [3.05, 3.63) is 89.0 Å². The van der Waals surface area contributed by atoms with Gasteiger partial charge in [-0.15, -0.1) is 11.3 Å². The third-order valence-electron chi connectivity index (χ3n) is 4.70. The Balaban J connectivity index is 1.45. The number of thiazole rings is 1. The predicted molar refractivity (Wildman–Crippen MR) is 120 cm³/mol. The summed E-state index contributed by atoms with van der Waals surface area (Å²) in [6, 6.07) is 14.9. The Morgan fingerprint density at radius 1 is 0.882 bits per heavy atom. The zero-order valence-corrected chi connectivity index (χ0v) is 18.6. The van der Waals surface area contributed by atoms with Gasteiger partial charge in [-0.25, -0.2) is 4.98 Å². The van der Waals surface area contributed by atoms with Crippen molar-refractivity contribution in [3.8, 4) is 0 Å². The molecule has 4 rings (SSSR count). The van der Waals surface area contributed by atoms with E-state index in [0.717, 1.165) is 20.1 Å². The van der Waals surface area contributed by atoms with Crippen LogP contribution >= 0.6 is 23.1 Å². The van der Waals surface area contributed by atoms with Crippen LogP contribution in [-0.2, 0) is 18.1 Å². The summed E-state index contributed by atoms with van der Waals surface area (Å²) in [6.45, 7) is 0. The highest BCUT2D eigenvalue weighted by molar-refractivity contribution is 8.00. The van der Waals surface area contributed by atoms with Gasteiger partial charge in [0.05, 0.1) is 21.3 Å². The fraction of sp³-hybridized carbons (Fsp3) is 0.130. The molecule has 4 aromatic rings. The number of amides is 1. The number of carbonyl (C=O) groups excluding carboxylic acids is 1. The Morgan fingerprint density at radius 2 is 1.50 bits per heavy atom. The lowest BCUT2D eigenvalue weighted by Crippen LogP contribution is -2.16. The molecule has 1 N–H and O–H groups in total. The molecule has 0 spiro atoms. The molecular formula is C23H14F6N2OS2. The Bertz CT molecular complexity index is 1260. The third kappa shape index (κ3) is 5.71. The molecule has 0 saturated carbocycles. The van der Waals surface area contributed by atoms with Gasteiger partial charge in [0.15, 0.2) is 4.34 Å². The van der Waals surface area contributed by atoms with Crippen LogP contribution in [0.25, 0.3) is 10.2 Å². The molecule has 3 nitrogen and oxygen atoms in total. The van der Waals surface area contributed by atoms with Gasteiger partial charge in [-0.05, 0) is 48.0 Å². The Hall–Kier alpha value is -3.05. The van der Waals surface area contributed by atoms with Crippen LogP contribution in [0.5, 0.6) is 0 Å². The molecule has 3 aromatic carbocycles. The van der Waals surface area contributed by atoms with E-state index in [0.29, 0.717) is 17.9 Å². The zero-order chi connectivity index (χ0) is 24.5. The van der Waals surface area contributed by atoms with Gasteiger partial charge < -0.3 is 5.32 Å². The lowest BCUT2D eigenvalue weighted by Gasteiger charge is -2.15. The van der Waals surface area contributed by atoms with Gasteiger partial charge in [-0.1, -0.05) is 36.0 Å². The van der Waals surface area contributed by atoms with Crippen LogP contribution in [0.1, 0.15) is 27.0 Å². The van der Waals surface area contributed by atoms with Crippen LogP contribution in [0.2, 0.25) is 0 Å². The fourth-order valence-electron chi connectivity index (χ4n) is 3.04. The normalized spacial score (nSPS) is 12.2. The number of rotatable bonds is 5. The topological polar surface area (TPSA) is 42.0 Å².